The van der Waals surface area contributed by atoms with Gasteiger partial charge in [0.15, 0.2) is 0 Å². The zero-order valence-electron chi connectivity index (χ0n) is 9.91. The molecule has 0 aromatic carbocycles. The van der Waals surface area contributed by atoms with Crippen molar-refractivity contribution in [2.45, 2.75) is 31.7 Å². The molecule has 0 aromatic rings. The van der Waals surface area contributed by atoms with Crippen molar-refractivity contribution >= 4 is 0 Å². The summed E-state index contributed by atoms with van der Waals surface area (Å²) in [7, 11) is 4.30. The molecule has 88 valence electrons. The summed E-state index contributed by atoms with van der Waals surface area (Å²) < 4.78 is 5.42. The number of nitrogens with zero attached hydrogens (tertiary/aromatic N) is 1. The van der Waals surface area contributed by atoms with Gasteiger partial charge in [0, 0.05) is 24.7 Å². The summed E-state index contributed by atoms with van der Waals surface area (Å²) in [6.45, 7) is 2.15. The normalized spacial score (nSPS) is 28.0. The van der Waals surface area contributed by atoms with Crippen LogP contribution < -0.4 is 0 Å². The van der Waals surface area contributed by atoms with Crippen LogP contribution in [-0.4, -0.2) is 50.0 Å². The van der Waals surface area contributed by atoms with Crippen molar-refractivity contribution in [2.75, 3.05) is 33.9 Å². The molecule has 0 aromatic heterocycles. The fourth-order valence-corrected chi connectivity index (χ4v) is 3.21. The predicted molar refractivity (Wildman–Crippen MR) is 59.8 cm³/mol. The minimum Gasteiger partial charge on any atom is -0.396 e. The minimum atomic E-state index is 0.214. The molecule has 0 amide bonds. The molecule has 2 fully saturated rings. The van der Waals surface area contributed by atoms with Crippen molar-refractivity contribution in [2.24, 2.45) is 11.3 Å². The molecule has 0 spiro atoms. The lowest BCUT2D eigenvalue weighted by Crippen LogP contribution is -2.46. The Hall–Kier alpha value is -0.120. The minimum absolute atomic E-state index is 0.214. The van der Waals surface area contributed by atoms with Gasteiger partial charge in [0.25, 0.3) is 0 Å². The second kappa shape index (κ2) is 4.40. The van der Waals surface area contributed by atoms with Crippen LogP contribution in [0.2, 0.25) is 0 Å². The molecule has 3 heteroatoms. The predicted octanol–water partition coefficient (Wildman–Crippen LogP) is 1.12. The summed E-state index contributed by atoms with van der Waals surface area (Å²) in [5.41, 5.74) is 0.214. The van der Waals surface area contributed by atoms with E-state index in [1.54, 1.807) is 0 Å². The van der Waals surface area contributed by atoms with E-state index in [9.17, 15) is 5.11 Å². The van der Waals surface area contributed by atoms with Crippen molar-refractivity contribution in [1.29, 1.82) is 0 Å². The summed E-state index contributed by atoms with van der Waals surface area (Å²) in [5, 5.41) is 9.55. The fourth-order valence-electron chi connectivity index (χ4n) is 3.21. The van der Waals surface area contributed by atoms with E-state index in [4.69, 9.17) is 4.74 Å². The maximum Gasteiger partial charge on any atom is 0.0502 e. The van der Waals surface area contributed by atoms with Crippen LogP contribution in [0.5, 0.6) is 0 Å². The second-order valence-electron chi connectivity index (χ2n) is 5.38. The molecule has 3 nitrogen and oxygen atoms in total. The van der Waals surface area contributed by atoms with Crippen molar-refractivity contribution in [1.82, 2.24) is 4.90 Å². The molecular formula is C12H23NO2. The van der Waals surface area contributed by atoms with Gasteiger partial charge in [-0.05, 0) is 45.7 Å². The van der Waals surface area contributed by atoms with Crippen LogP contribution in [0.25, 0.3) is 0 Å². The molecule has 1 aliphatic heterocycles. The molecule has 1 aliphatic carbocycles. The number of ether oxygens (including phenoxy) is 1. The Kier molecular flexibility index (Phi) is 3.33. The first-order valence-electron chi connectivity index (χ1n) is 6.05. The summed E-state index contributed by atoms with van der Waals surface area (Å²) in [6, 6.07) is 0.548. The molecule has 1 unspecified atom stereocenters. The van der Waals surface area contributed by atoms with E-state index in [1.165, 1.54) is 12.8 Å². The highest BCUT2D eigenvalue weighted by atomic mass is 16.5. The van der Waals surface area contributed by atoms with Crippen LogP contribution in [0.4, 0.5) is 0 Å². The summed E-state index contributed by atoms with van der Waals surface area (Å²) in [4.78, 5) is 2.32. The fraction of sp³-hybridized carbons (Fsp3) is 1.00. The van der Waals surface area contributed by atoms with Crippen molar-refractivity contribution in [3.8, 4) is 0 Å². The Bertz CT molecular complexity index is 208. The molecule has 1 heterocycles. The Morgan fingerprint density at radius 2 is 1.93 bits per heavy atom. The Morgan fingerprint density at radius 1 is 1.33 bits per heavy atom. The quantitative estimate of drug-likeness (QED) is 0.759. The van der Waals surface area contributed by atoms with Gasteiger partial charge >= 0.3 is 0 Å². The molecular weight excluding hydrogens is 190 g/mol. The summed E-state index contributed by atoms with van der Waals surface area (Å²) in [6.07, 6.45) is 4.71. The monoisotopic (exact) mass is 213 g/mol. The summed E-state index contributed by atoms with van der Waals surface area (Å²) >= 11 is 0. The SMILES string of the molecule is CN(C)C(C1CCOCC1)C1(CO)CC1. The van der Waals surface area contributed by atoms with E-state index in [0.717, 1.165) is 26.1 Å². The number of aliphatic hydroxyl groups excluding tert-OH is 1. The molecule has 1 N–H and O–H groups in total. The maximum absolute atomic E-state index is 9.55. The number of rotatable bonds is 4. The first kappa shape index (κ1) is 11.4. The maximum atomic E-state index is 9.55. The first-order chi connectivity index (χ1) is 7.19. The lowest BCUT2D eigenvalue weighted by molar-refractivity contribution is 0.00286. The number of hydrogen-bond donors (Lipinski definition) is 1. The number of aliphatic hydroxyl groups is 1. The van der Waals surface area contributed by atoms with Crippen LogP contribution in [0.3, 0.4) is 0 Å². The summed E-state index contributed by atoms with van der Waals surface area (Å²) in [5.74, 6) is 0.711. The van der Waals surface area contributed by atoms with Gasteiger partial charge in [-0.3, -0.25) is 0 Å². The van der Waals surface area contributed by atoms with E-state index in [-0.39, 0.29) is 5.41 Å². The van der Waals surface area contributed by atoms with E-state index in [0.29, 0.717) is 18.6 Å². The third-order valence-corrected chi connectivity index (χ3v) is 4.10. The first-order valence-corrected chi connectivity index (χ1v) is 6.05. The zero-order valence-corrected chi connectivity index (χ0v) is 9.91. The molecule has 2 rings (SSSR count). The van der Waals surface area contributed by atoms with Gasteiger partial charge in [-0.25, -0.2) is 0 Å². The third kappa shape index (κ3) is 2.19. The lowest BCUT2D eigenvalue weighted by Gasteiger charge is -2.39. The molecule has 1 saturated carbocycles. The Morgan fingerprint density at radius 3 is 2.33 bits per heavy atom. The molecule has 0 radical (unpaired) electrons. The number of hydrogen-bond acceptors (Lipinski definition) is 3. The Balaban J connectivity index is 2.05. The third-order valence-electron chi connectivity index (χ3n) is 4.10. The zero-order chi connectivity index (χ0) is 10.9. The molecule has 1 atom stereocenters. The van der Waals surface area contributed by atoms with Crippen molar-refractivity contribution in [3.63, 3.8) is 0 Å². The van der Waals surface area contributed by atoms with E-state index < -0.39 is 0 Å². The van der Waals surface area contributed by atoms with Crippen LogP contribution in [-0.2, 0) is 4.74 Å². The van der Waals surface area contributed by atoms with E-state index in [1.807, 2.05) is 0 Å². The van der Waals surface area contributed by atoms with Gasteiger partial charge < -0.3 is 14.7 Å². The molecule has 1 saturated heterocycles. The van der Waals surface area contributed by atoms with Crippen molar-refractivity contribution in [3.05, 3.63) is 0 Å². The second-order valence-corrected chi connectivity index (χ2v) is 5.38. The van der Waals surface area contributed by atoms with Gasteiger partial charge in [-0.15, -0.1) is 0 Å². The highest BCUT2D eigenvalue weighted by molar-refractivity contribution is 5.04. The van der Waals surface area contributed by atoms with Crippen LogP contribution >= 0.6 is 0 Å². The highest BCUT2D eigenvalue weighted by Gasteiger charge is 2.52. The van der Waals surface area contributed by atoms with Gasteiger partial charge in [0.1, 0.15) is 0 Å². The van der Waals surface area contributed by atoms with Crippen LogP contribution in [0, 0.1) is 11.3 Å². The van der Waals surface area contributed by atoms with E-state index in [2.05, 4.69) is 19.0 Å². The average Bonchev–Trinajstić information content (AvgIpc) is 3.00. The van der Waals surface area contributed by atoms with Crippen molar-refractivity contribution < 1.29 is 9.84 Å². The standard InChI is InChI=1S/C12H23NO2/c1-13(2)11(12(9-14)5-6-12)10-3-7-15-8-4-10/h10-11,14H,3-9H2,1-2H3. The van der Waals surface area contributed by atoms with Gasteiger partial charge in [-0.2, -0.15) is 0 Å². The smallest absolute Gasteiger partial charge is 0.0502 e. The van der Waals surface area contributed by atoms with Crippen LogP contribution in [0.1, 0.15) is 25.7 Å². The van der Waals surface area contributed by atoms with Gasteiger partial charge in [-0.1, -0.05) is 0 Å². The molecule has 15 heavy (non-hydrogen) atoms. The van der Waals surface area contributed by atoms with E-state index >= 15 is 0 Å². The molecule has 2 aliphatic rings. The largest absolute Gasteiger partial charge is 0.396 e. The average molecular weight is 213 g/mol. The van der Waals surface area contributed by atoms with Gasteiger partial charge in [0.05, 0.1) is 6.61 Å². The highest BCUT2D eigenvalue weighted by Crippen LogP contribution is 2.53. The molecule has 0 bridgehead atoms. The Labute approximate surface area is 92.4 Å². The van der Waals surface area contributed by atoms with Gasteiger partial charge in [0.2, 0.25) is 0 Å². The van der Waals surface area contributed by atoms with Crippen LogP contribution in [0.15, 0.2) is 0 Å². The lowest BCUT2D eigenvalue weighted by atomic mass is 9.81. The topological polar surface area (TPSA) is 32.7 Å².